The molecule has 1 aliphatic rings. The number of hydrogen-bond donors (Lipinski definition) is 2. The predicted octanol–water partition coefficient (Wildman–Crippen LogP) is 4.37. The van der Waals surface area contributed by atoms with Gasteiger partial charge in [-0.3, -0.25) is 14.2 Å². The summed E-state index contributed by atoms with van der Waals surface area (Å²) in [4.78, 5) is 26.0. The average molecular weight is 512 g/mol. The number of thioether (sulfide) groups is 1. The lowest BCUT2D eigenvalue weighted by Gasteiger charge is -2.18. The molecule has 1 unspecified atom stereocenters. The molecule has 0 fully saturated rings. The Kier molecular flexibility index (Phi) is 7.92. The standard InChI is InChI=1S/C25H29N5O3S2/c1-4-11-30-20(13-33-17-8-5-15(2)6-9-17)28-29-25(30)34-14-21(31)27-24-22(23(26)32)18-10-7-16(3)12-19(18)35-24/h4-6,8-9,16H,1,7,10-14H2,2-3H3,(H2,26,32)(H,27,31). The second-order valence-electron chi connectivity index (χ2n) is 8.66. The number of fused-ring (bicyclic) bond motifs is 1. The summed E-state index contributed by atoms with van der Waals surface area (Å²) >= 11 is 2.73. The Morgan fingerprint density at radius 2 is 2.11 bits per heavy atom. The molecule has 8 nitrogen and oxygen atoms in total. The van der Waals surface area contributed by atoms with Crippen molar-refractivity contribution in [2.75, 3.05) is 11.1 Å². The van der Waals surface area contributed by atoms with E-state index in [2.05, 4.69) is 29.0 Å². The molecule has 184 valence electrons. The first-order valence-electron chi connectivity index (χ1n) is 11.4. The largest absolute Gasteiger partial charge is 0.486 e. The predicted molar refractivity (Wildman–Crippen MR) is 139 cm³/mol. The number of hydrogen-bond acceptors (Lipinski definition) is 7. The lowest BCUT2D eigenvalue weighted by Crippen LogP contribution is -2.20. The van der Waals surface area contributed by atoms with Crippen LogP contribution in [0.2, 0.25) is 0 Å². The Balaban J connectivity index is 1.41. The van der Waals surface area contributed by atoms with Crippen LogP contribution in [0.1, 0.15) is 45.5 Å². The van der Waals surface area contributed by atoms with Crippen molar-refractivity contribution in [1.82, 2.24) is 14.8 Å². The van der Waals surface area contributed by atoms with Gasteiger partial charge in [0.2, 0.25) is 5.91 Å². The van der Waals surface area contributed by atoms with E-state index in [0.717, 1.165) is 41.0 Å². The van der Waals surface area contributed by atoms with Gasteiger partial charge in [0.15, 0.2) is 11.0 Å². The second-order valence-corrected chi connectivity index (χ2v) is 10.7. The van der Waals surface area contributed by atoms with Gasteiger partial charge < -0.3 is 15.8 Å². The molecule has 0 saturated heterocycles. The van der Waals surface area contributed by atoms with E-state index in [4.69, 9.17) is 10.5 Å². The SMILES string of the molecule is C=CCn1c(COc2ccc(C)cc2)nnc1SCC(=O)Nc1sc2c(c1C(N)=O)CCC(C)C2. The molecule has 0 bridgehead atoms. The number of thiophene rings is 1. The summed E-state index contributed by atoms with van der Waals surface area (Å²) in [7, 11) is 0. The van der Waals surface area contributed by atoms with E-state index in [-0.39, 0.29) is 18.3 Å². The van der Waals surface area contributed by atoms with Gasteiger partial charge in [-0.05, 0) is 49.8 Å². The Morgan fingerprint density at radius 3 is 2.83 bits per heavy atom. The maximum atomic E-state index is 12.8. The Labute approximate surface area is 213 Å². The van der Waals surface area contributed by atoms with Gasteiger partial charge in [0.25, 0.3) is 5.91 Å². The number of amides is 2. The van der Waals surface area contributed by atoms with Crippen LogP contribution in [0.15, 0.2) is 42.1 Å². The molecule has 0 radical (unpaired) electrons. The van der Waals surface area contributed by atoms with Crippen LogP contribution in [-0.4, -0.2) is 32.3 Å². The smallest absolute Gasteiger partial charge is 0.251 e. The van der Waals surface area contributed by atoms with Crippen molar-refractivity contribution in [3.8, 4) is 5.75 Å². The first-order valence-corrected chi connectivity index (χ1v) is 13.2. The molecule has 0 aliphatic heterocycles. The molecule has 2 aromatic heterocycles. The number of carbonyl (C=O) groups excluding carboxylic acids is 2. The first-order chi connectivity index (χ1) is 16.9. The van der Waals surface area contributed by atoms with Gasteiger partial charge in [0.1, 0.15) is 17.4 Å². The minimum absolute atomic E-state index is 0.116. The van der Waals surface area contributed by atoms with Crippen molar-refractivity contribution < 1.29 is 14.3 Å². The van der Waals surface area contributed by atoms with Crippen LogP contribution >= 0.6 is 23.1 Å². The zero-order chi connectivity index (χ0) is 24.9. The number of nitrogens with zero attached hydrogens (tertiary/aromatic N) is 3. The molecular formula is C25H29N5O3S2. The quantitative estimate of drug-likeness (QED) is 0.309. The maximum Gasteiger partial charge on any atom is 0.251 e. The minimum atomic E-state index is -0.496. The van der Waals surface area contributed by atoms with Crippen molar-refractivity contribution in [3.05, 3.63) is 64.3 Å². The number of ether oxygens (including phenoxy) is 1. The molecule has 0 spiro atoms. The first kappa shape index (κ1) is 25.0. The van der Waals surface area contributed by atoms with Crippen LogP contribution in [0, 0.1) is 12.8 Å². The topological polar surface area (TPSA) is 112 Å². The van der Waals surface area contributed by atoms with Crippen molar-refractivity contribution in [2.45, 2.75) is 51.4 Å². The fraction of sp³-hybridized carbons (Fsp3) is 0.360. The number of aromatic nitrogens is 3. The van der Waals surface area contributed by atoms with E-state index in [0.29, 0.717) is 34.0 Å². The molecule has 10 heteroatoms. The van der Waals surface area contributed by atoms with Crippen LogP contribution in [0.3, 0.4) is 0 Å². The average Bonchev–Trinajstić information content (AvgIpc) is 3.37. The highest BCUT2D eigenvalue weighted by atomic mass is 32.2. The van der Waals surface area contributed by atoms with Crippen LogP contribution < -0.4 is 15.8 Å². The number of primary amides is 1. The van der Waals surface area contributed by atoms with Crippen LogP contribution in [0.5, 0.6) is 5.75 Å². The number of benzene rings is 1. The van der Waals surface area contributed by atoms with Crippen LogP contribution in [0.25, 0.3) is 0 Å². The summed E-state index contributed by atoms with van der Waals surface area (Å²) in [5.41, 5.74) is 8.27. The van der Waals surface area contributed by atoms with Crippen molar-refractivity contribution in [2.24, 2.45) is 11.7 Å². The molecule has 3 N–H and O–H groups in total. The highest BCUT2D eigenvalue weighted by Crippen LogP contribution is 2.39. The maximum absolute atomic E-state index is 12.8. The third-order valence-corrected chi connectivity index (χ3v) is 7.97. The van der Waals surface area contributed by atoms with Gasteiger partial charge in [-0.15, -0.1) is 28.1 Å². The minimum Gasteiger partial charge on any atom is -0.486 e. The summed E-state index contributed by atoms with van der Waals surface area (Å²) in [6.45, 7) is 8.77. The van der Waals surface area contributed by atoms with E-state index in [1.165, 1.54) is 23.1 Å². The van der Waals surface area contributed by atoms with Gasteiger partial charge >= 0.3 is 0 Å². The zero-order valence-corrected chi connectivity index (χ0v) is 21.5. The summed E-state index contributed by atoms with van der Waals surface area (Å²) in [5.74, 6) is 1.34. The third kappa shape index (κ3) is 5.94. The fourth-order valence-electron chi connectivity index (χ4n) is 4.02. The summed E-state index contributed by atoms with van der Waals surface area (Å²) < 4.78 is 7.72. The van der Waals surface area contributed by atoms with Crippen LogP contribution in [-0.2, 0) is 30.8 Å². The number of allylic oxidation sites excluding steroid dienone is 1. The molecule has 2 heterocycles. The summed E-state index contributed by atoms with van der Waals surface area (Å²) in [5, 5.41) is 12.5. The Morgan fingerprint density at radius 1 is 1.34 bits per heavy atom. The van der Waals surface area contributed by atoms with Crippen LogP contribution in [0.4, 0.5) is 5.00 Å². The molecule has 2 amide bonds. The van der Waals surface area contributed by atoms with E-state index < -0.39 is 5.91 Å². The molecule has 4 rings (SSSR count). The van der Waals surface area contributed by atoms with E-state index in [9.17, 15) is 9.59 Å². The van der Waals surface area contributed by atoms with Gasteiger partial charge in [0, 0.05) is 11.4 Å². The number of carbonyl (C=O) groups is 2. The van der Waals surface area contributed by atoms with E-state index in [1.54, 1.807) is 6.08 Å². The molecule has 1 aliphatic carbocycles. The second kappa shape index (κ2) is 11.1. The fourth-order valence-corrected chi connectivity index (χ4v) is 6.22. The number of nitrogens with one attached hydrogen (secondary N) is 1. The van der Waals surface area contributed by atoms with E-state index >= 15 is 0 Å². The number of nitrogens with two attached hydrogens (primary N) is 1. The summed E-state index contributed by atoms with van der Waals surface area (Å²) in [6.07, 6.45) is 4.48. The molecular weight excluding hydrogens is 482 g/mol. The Hall–Kier alpha value is -3.11. The lowest BCUT2D eigenvalue weighted by molar-refractivity contribution is -0.113. The Bertz CT molecular complexity index is 1230. The molecule has 1 atom stereocenters. The van der Waals surface area contributed by atoms with Crippen molar-refractivity contribution in [3.63, 3.8) is 0 Å². The molecule has 35 heavy (non-hydrogen) atoms. The number of anilines is 1. The van der Waals surface area contributed by atoms with Gasteiger partial charge in [-0.1, -0.05) is 42.5 Å². The third-order valence-electron chi connectivity index (χ3n) is 5.84. The zero-order valence-electron chi connectivity index (χ0n) is 19.9. The highest BCUT2D eigenvalue weighted by Gasteiger charge is 2.27. The molecule has 3 aromatic rings. The molecule has 1 aromatic carbocycles. The van der Waals surface area contributed by atoms with Crippen molar-refractivity contribution >= 4 is 39.9 Å². The highest BCUT2D eigenvalue weighted by molar-refractivity contribution is 7.99. The summed E-state index contributed by atoms with van der Waals surface area (Å²) in [6, 6.07) is 7.79. The van der Waals surface area contributed by atoms with Gasteiger partial charge in [0.05, 0.1) is 11.3 Å². The van der Waals surface area contributed by atoms with Gasteiger partial charge in [-0.25, -0.2) is 0 Å². The molecule has 0 saturated carbocycles. The van der Waals surface area contributed by atoms with Crippen molar-refractivity contribution in [1.29, 1.82) is 0 Å². The van der Waals surface area contributed by atoms with Gasteiger partial charge in [-0.2, -0.15) is 0 Å². The van der Waals surface area contributed by atoms with E-state index in [1.807, 2.05) is 35.8 Å². The normalized spacial score (nSPS) is 14.9. The lowest BCUT2D eigenvalue weighted by atomic mass is 9.88. The number of aryl methyl sites for hydroxylation is 1. The monoisotopic (exact) mass is 511 g/mol. The number of rotatable bonds is 10.